The summed E-state index contributed by atoms with van der Waals surface area (Å²) in [5.74, 6) is -2.82. The van der Waals surface area contributed by atoms with Gasteiger partial charge in [-0.05, 0) is 17.7 Å². The quantitative estimate of drug-likeness (QED) is 0.563. The summed E-state index contributed by atoms with van der Waals surface area (Å²) < 4.78 is 14.1. The molecule has 7 heteroatoms. The van der Waals surface area contributed by atoms with Crippen molar-refractivity contribution in [3.63, 3.8) is 0 Å². The maximum Gasteiger partial charge on any atom is 0.310 e. The Kier molecular flexibility index (Phi) is 7.39. The van der Waals surface area contributed by atoms with Crippen LogP contribution in [0, 0.1) is 5.92 Å². The molecular weight excluding hydrogens is 312 g/mol. The van der Waals surface area contributed by atoms with Crippen molar-refractivity contribution in [2.24, 2.45) is 5.92 Å². The summed E-state index contributed by atoms with van der Waals surface area (Å²) in [6.45, 7) is -0.00175. The molecular formula is C15H17ClO6. The Bertz CT molecular complexity index is 525. The molecule has 0 aliphatic heterocycles. The first-order valence-corrected chi connectivity index (χ1v) is 6.88. The third-order valence-electron chi connectivity index (χ3n) is 2.88. The Labute approximate surface area is 133 Å². The van der Waals surface area contributed by atoms with Crippen LogP contribution in [0.5, 0.6) is 0 Å². The largest absolute Gasteiger partial charge is 0.469 e. The van der Waals surface area contributed by atoms with E-state index in [0.717, 1.165) is 0 Å². The number of carbonyl (C=O) groups is 3. The SMILES string of the molecule is COC(=O)CC(CC(=O)OC)C(=O)OCc1cccc(Cl)c1. The van der Waals surface area contributed by atoms with Gasteiger partial charge in [-0.3, -0.25) is 14.4 Å². The van der Waals surface area contributed by atoms with E-state index >= 15 is 0 Å². The van der Waals surface area contributed by atoms with Gasteiger partial charge in [-0.2, -0.15) is 0 Å². The van der Waals surface area contributed by atoms with E-state index in [1.165, 1.54) is 14.2 Å². The van der Waals surface area contributed by atoms with Crippen LogP contribution in [0.3, 0.4) is 0 Å². The lowest BCUT2D eigenvalue weighted by atomic mass is 10.0. The summed E-state index contributed by atoms with van der Waals surface area (Å²) in [5, 5.41) is 0.522. The van der Waals surface area contributed by atoms with Gasteiger partial charge >= 0.3 is 17.9 Å². The van der Waals surface area contributed by atoms with Crippen LogP contribution >= 0.6 is 11.6 Å². The van der Waals surface area contributed by atoms with Crippen LogP contribution in [0.4, 0.5) is 0 Å². The van der Waals surface area contributed by atoms with Gasteiger partial charge in [-0.25, -0.2) is 0 Å². The number of benzene rings is 1. The molecule has 120 valence electrons. The predicted octanol–water partition coefficient (Wildman–Crippen LogP) is 2.13. The molecule has 0 atom stereocenters. The lowest BCUT2D eigenvalue weighted by Gasteiger charge is -2.14. The van der Waals surface area contributed by atoms with E-state index in [2.05, 4.69) is 9.47 Å². The number of esters is 3. The molecule has 0 unspecified atom stereocenters. The second-order valence-corrected chi connectivity index (χ2v) is 4.93. The Morgan fingerprint density at radius 2 is 1.68 bits per heavy atom. The number of rotatable bonds is 7. The molecule has 0 fully saturated rings. The molecule has 0 aromatic heterocycles. The van der Waals surface area contributed by atoms with Crippen LogP contribution in [-0.4, -0.2) is 32.1 Å². The van der Waals surface area contributed by atoms with Crippen molar-refractivity contribution >= 4 is 29.5 Å². The van der Waals surface area contributed by atoms with Crippen LogP contribution < -0.4 is 0 Å². The smallest absolute Gasteiger partial charge is 0.310 e. The first-order valence-electron chi connectivity index (χ1n) is 6.51. The second kappa shape index (κ2) is 9.04. The van der Waals surface area contributed by atoms with Crippen LogP contribution in [0.15, 0.2) is 24.3 Å². The highest BCUT2D eigenvalue weighted by molar-refractivity contribution is 6.30. The molecule has 0 radical (unpaired) electrons. The molecule has 0 aliphatic carbocycles. The molecule has 0 heterocycles. The Hall–Kier alpha value is -2.08. The molecule has 0 saturated heterocycles. The first-order chi connectivity index (χ1) is 10.5. The lowest BCUT2D eigenvalue weighted by Crippen LogP contribution is -2.24. The highest BCUT2D eigenvalue weighted by Gasteiger charge is 2.27. The fraction of sp³-hybridized carbons (Fsp3) is 0.400. The third-order valence-corrected chi connectivity index (χ3v) is 3.12. The van der Waals surface area contributed by atoms with Gasteiger partial charge in [0.25, 0.3) is 0 Å². The van der Waals surface area contributed by atoms with E-state index in [1.54, 1.807) is 24.3 Å². The molecule has 6 nitrogen and oxygen atoms in total. The van der Waals surface area contributed by atoms with Gasteiger partial charge in [-0.15, -0.1) is 0 Å². The topological polar surface area (TPSA) is 78.9 Å². The minimum Gasteiger partial charge on any atom is -0.469 e. The zero-order valence-electron chi connectivity index (χ0n) is 12.3. The monoisotopic (exact) mass is 328 g/mol. The zero-order valence-corrected chi connectivity index (χ0v) is 13.1. The van der Waals surface area contributed by atoms with E-state index in [4.69, 9.17) is 16.3 Å². The van der Waals surface area contributed by atoms with Crippen LogP contribution in [0.2, 0.25) is 5.02 Å². The third kappa shape index (κ3) is 6.13. The average molecular weight is 329 g/mol. The van der Waals surface area contributed by atoms with E-state index in [0.29, 0.717) is 10.6 Å². The van der Waals surface area contributed by atoms with Gasteiger partial charge in [-0.1, -0.05) is 23.7 Å². The molecule has 0 aliphatic rings. The fourth-order valence-electron chi connectivity index (χ4n) is 1.71. The van der Waals surface area contributed by atoms with Gasteiger partial charge in [0.2, 0.25) is 0 Å². The van der Waals surface area contributed by atoms with Gasteiger partial charge in [0.1, 0.15) is 6.61 Å². The summed E-state index contributed by atoms with van der Waals surface area (Å²) in [4.78, 5) is 34.7. The Morgan fingerprint density at radius 3 is 2.18 bits per heavy atom. The molecule has 0 bridgehead atoms. The molecule has 22 heavy (non-hydrogen) atoms. The minimum atomic E-state index is -0.945. The Morgan fingerprint density at radius 1 is 1.09 bits per heavy atom. The molecule has 1 rings (SSSR count). The van der Waals surface area contributed by atoms with E-state index in [1.807, 2.05) is 0 Å². The highest BCUT2D eigenvalue weighted by Crippen LogP contribution is 2.16. The van der Waals surface area contributed by atoms with Crippen molar-refractivity contribution in [1.29, 1.82) is 0 Å². The van der Waals surface area contributed by atoms with Crippen molar-refractivity contribution in [2.45, 2.75) is 19.4 Å². The number of methoxy groups -OCH3 is 2. The normalized spacial score (nSPS) is 10.2. The summed E-state index contributed by atoms with van der Waals surface area (Å²) in [6, 6.07) is 6.83. The summed E-state index contributed by atoms with van der Waals surface area (Å²) in [6.07, 6.45) is -0.500. The first kappa shape index (κ1) is 18.0. The lowest BCUT2D eigenvalue weighted by molar-refractivity contribution is -0.158. The van der Waals surface area contributed by atoms with E-state index in [-0.39, 0.29) is 19.4 Å². The standard InChI is InChI=1S/C15H17ClO6/c1-20-13(17)7-11(8-14(18)21-2)15(19)22-9-10-4-3-5-12(16)6-10/h3-6,11H,7-9H2,1-2H3. The minimum absolute atomic E-state index is 0.00175. The summed E-state index contributed by atoms with van der Waals surface area (Å²) in [5.41, 5.74) is 0.704. The van der Waals surface area contributed by atoms with Gasteiger partial charge in [0, 0.05) is 5.02 Å². The molecule has 1 aromatic rings. The van der Waals surface area contributed by atoms with Crippen LogP contribution in [0.1, 0.15) is 18.4 Å². The number of hydrogen-bond acceptors (Lipinski definition) is 6. The van der Waals surface area contributed by atoms with Gasteiger partial charge < -0.3 is 14.2 Å². The van der Waals surface area contributed by atoms with Gasteiger partial charge in [0.15, 0.2) is 0 Å². The number of ether oxygens (including phenoxy) is 3. The maximum atomic E-state index is 12.0. The van der Waals surface area contributed by atoms with Crippen LogP contribution in [-0.2, 0) is 35.2 Å². The number of hydrogen-bond donors (Lipinski definition) is 0. The van der Waals surface area contributed by atoms with Crippen molar-refractivity contribution < 1.29 is 28.6 Å². The van der Waals surface area contributed by atoms with E-state index < -0.39 is 23.8 Å². The van der Waals surface area contributed by atoms with Crippen LogP contribution in [0.25, 0.3) is 0 Å². The number of carbonyl (C=O) groups excluding carboxylic acids is 3. The highest BCUT2D eigenvalue weighted by atomic mass is 35.5. The van der Waals surface area contributed by atoms with E-state index in [9.17, 15) is 14.4 Å². The second-order valence-electron chi connectivity index (χ2n) is 4.50. The molecule has 0 spiro atoms. The molecule has 1 aromatic carbocycles. The summed E-state index contributed by atoms with van der Waals surface area (Å²) in [7, 11) is 2.41. The molecule has 0 N–H and O–H groups in total. The molecule has 0 saturated carbocycles. The zero-order chi connectivity index (χ0) is 16.5. The van der Waals surface area contributed by atoms with Crippen molar-refractivity contribution in [3.8, 4) is 0 Å². The van der Waals surface area contributed by atoms with Crippen molar-refractivity contribution in [1.82, 2.24) is 0 Å². The molecule has 0 amide bonds. The van der Waals surface area contributed by atoms with Crippen molar-refractivity contribution in [2.75, 3.05) is 14.2 Å². The maximum absolute atomic E-state index is 12.0. The van der Waals surface area contributed by atoms with Crippen molar-refractivity contribution in [3.05, 3.63) is 34.9 Å². The Balaban J connectivity index is 2.65. The average Bonchev–Trinajstić information content (AvgIpc) is 2.51. The fourth-order valence-corrected chi connectivity index (χ4v) is 1.92. The number of halogens is 1. The van der Waals surface area contributed by atoms with Gasteiger partial charge in [0.05, 0.1) is 33.0 Å². The summed E-state index contributed by atoms with van der Waals surface area (Å²) >= 11 is 5.84. The predicted molar refractivity (Wildman–Crippen MR) is 78.0 cm³/mol.